The first-order chi connectivity index (χ1) is 14.5. The van der Waals surface area contributed by atoms with E-state index in [0.717, 1.165) is 39.0 Å². The van der Waals surface area contributed by atoms with Gasteiger partial charge in [0.15, 0.2) is 0 Å². The van der Waals surface area contributed by atoms with Crippen LogP contribution >= 0.6 is 11.6 Å². The lowest BCUT2D eigenvalue weighted by atomic mass is 10.0. The van der Waals surface area contributed by atoms with E-state index in [9.17, 15) is 4.79 Å². The molecule has 1 heterocycles. The fourth-order valence-corrected chi connectivity index (χ4v) is 3.86. The minimum atomic E-state index is -0.144. The summed E-state index contributed by atoms with van der Waals surface area (Å²) in [6.45, 7) is 4.07. The number of aromatic nitrogens is 1. The van der Waals surface area contributed by atoms with Crippen LogP contribution in [0.1, 0.15) is 22.5 Å². The highest BCUT2D eigenvalue weighted by Crippen LogP contribution is 2.21. The summed E-state index contributed by atoms with van der Waals surface area (Å²) in [6, 6.07) is 23.8. The van der Waals surface area contributed by atoms with Gasteiger partial charge < -0.3 is 4.57 Å². The van der Waals surface area contributed by atoms with Crippen molar-refractivity contribution < 1.29 is 4.79 Å². The van der Waals surface area contributed by atoms with Crippen LogP contribution < -0.4 is 5.43 Å². The molecule has 0 atom stereocenters. The van der Waals surface area contributed by atoms with E-state index in [0.29, 0.717) is 5.02 Å². The minimum absolute atomic E-state index is 0.144. The molecule has 0 fully saturated rings. The number of hydrazone groups is 1. The molecule has 150 valence electrons. The van der Waals surface area contributed by atoms with Gasteiger partial charge in [0.25, 0.3) is 0 Å². The Kier molecular flexibility index (Phi) is 5.68. The summed E-state index contributed by atoms with van der Waals surface area (Å²) in [5, 5.41) is 7.10. The van der Waals surface area contributed by atoms with Gasteiger partial charge in [0.2, 0.25) is 5.91 Å². The van der Waals surface area contributed by atoms with E-state index >= 15 is 0 Å². The number of rotatable bonds is 5. The van der Waals surface area contributed by atoms with Crippen molar-refractivity contribution in [2.24, 2.45) is 5.10 Å². The van der Waals surface area contributed by atoms with Crippen molar-refractivity contribution in [2.75, 3.05) is 0 Å². The second-order valence-corrected chi connectivity index (χ2v) is 7.68. The second kappa shape index (κ2) is 8.56. The van der Waals surface area contributed by atoms with Crippen molar-refractivity contribution >= 4 is 34.5 Å². The lowest BCUT2D eigenvalue weighted by molar-refractivity contribution is -0.120. The Morgan fingerprint density at radius 3 is 2.57 bits per heavy atom. The summed E-state index contributed by atoms with van der Waals surface area (Å²) in [4.78, 5) is 12.4. The third-order valence-corrected chi connectivity index (χ3v) is 5.43. The van der Waals surface area contributed by atoms with Gasteiger partial charge in [0.05, 0.1) is 12.6 Å². The van der Waals surface area contributed by atoms with Crippen LogP contribution in [0.25, 0.3) is 16.5 Å². The number of nitrogens with zero attached hydrogens (tertiary/aromatic N) is 2. The molecule has 1 amide bonds. The zero-order chi connectivity index (χ0) is 21.1. The maximum atomic E-state index is 12.4. The molecule has 1 aromatic heterocycles. The number of carbonyl (C=O) groups excluding carboxylic acids is 1. The number of hydrogen-bond donors (Lipinski definition) is 1. The zero-order valence-electron chi connectivity index (χ0n) is 16.9. The van der Waals surface area contributed by atoms with Gasteiger partial charge in [-0.2, -0.15) is 5.10 Å². The summed E-state index contributed by atoms with van der Waals surface area (Å²) < 4.78 is 2.13. The average molecular weight is 416 g/mol. The van der Waals surface area contributed by atoms with Crippen LogP contribution in [0.15, 0.2) is 77.9 Å². The van der Waals surface area contributed by atoms with E-state index in [1.807, 2.05) is 86.6 Å². The number of aryl methyl sites for hydroxylation is 1. The van der Waals surface area contributed by atoms with Crippen molar-refractivity contribution in [1.29, 1.82) is 0 Å². The van der Waals surface area contributed by atoms with Gasteiger partial charge in [-0.3, -0.25) is 4.79 Å². The van der Waals surface area contributed by atoms with E-state index in [1.54, 1.807) is 6.21 Å². The summed E-state index contributed by atoms with van der Waals surface area (Å²) >= 11 is 6.00. The molecular weight excluding hydrogens is 394 g/mol. The highest BCUT2D eigenvalue weighted by Gasteiger charge is 2.10. The molecule has 5 heteroatoms. The Bertz CT molecular complexity index is 1230. The second-order valence-electron chi connectivity index (χ2n) is 7.25. The maximum Gasteiger partial charge on any atom is 0.244 e. The van der Waals surface area contributed by atoms with Gasteiger partial charge in [-0.05, 0) is 60.5 Å². The van der Waals surface area contributed by atoms with Gasteiger partial charge >= 0.3 is 0 Å². The Hall–Kier alpha value is -3.37. The predicted molar refractivity (Wildman–Crippen MR) is 124 cm³/mol. The molecule has 0 radical (unpaired) electrons. The van der Waals surface area contributed by atoms with Gasteiger partial charge in [-0.1, -0.05) is 54.1 Å². The summed E-state index contributed by atoms with van der Waals surface area (Å²) in [7, 11) is 0. The molecule has 4 aromatic rings. The topological polar surface area (TPSA) is 46.4 Å². The van der Waals surface area contributed by atoms with Gasteiger partial charge in [-0.25, -0.2) is 5.43 Å². The largest absolute Gasteiger partial charge is 0.318 e. The zero-order valence-corrected chi connectivity index (χ0v) is 17.6. The van der Waals surface area contributed by atoms with E-state index in [-0.39, 0.29) is 12.3 Å². The van der Waals surface area contributed by atoms with Gasteiger partial charge in [0, 0.05) is 27.7 Å². The highest BCUT2D eigenvalue weighted by molar-refractivity contribution is 6.30. The molecule has 3 aromatic carbocycles. The van der Waals surface area contributed by atoms with Crippen molar-refractivity contribution in [1.82, 2.24) is 9.99 Å². The van der Waals surface area contributed by atoms with Crippen LogP contribution in [0.5, 0.6) is 0 Å². The first kappa shape index (κ1) is 19.9. The molecular formula is C25H22ClN3O. The average Bonchev–Trinajstić information content (AvgIpc) is 3.02. The monoisotopic (exact) mass is 415 g/mol. The predicted octanol–water partition coefficient (Wildman–Crippen LogP) is 5.59. The molecule has 0 unspecified atom stereocenters. The third-order valence-electron chi connectivity index (χ3n) is 5.18. The van der Waals surface area contributed by atoms with E-state index in [1.165, 1.54) is 0 Å². The fraction of sp³-hybridized carbons (Fsp3) is 0.120. The molecule has 30 heavy (non-hydrogen) atoms. The van der Waals surface area contributed by atoms with Crippen molar-refractivity contribution in [3.8, 4) is 5.69 Å². The molecule has 0 saturated heterocycles. The number of nitrogens with one attached hydrogen (secondary N) is 1. The fourth-order valence-electron chi connectivity index (χ4n) is 3.74. The number of amides is 1. The lowest BCUT2D eigenvalue weighted by Crippen LogP contribution is -2.19. The molecule has 0 spiro atoms. The smallest absolute Gasteiger partial charge is 0.244 e. The minimum Gasteiger partial charge on any atom is -0.318 e. The van der Waals surface area contributed by atoms with Crippen LogP contribution in [-0.4, -0.2) is 16.7 Å². The van der Waals surface area contributed by atoms with Crippen LogP contribution in [-0.2, 0) is 11.2 Å². The molecule has 0 saturated carbocycles. The number of fused-ring (bicyclic) bond motifs is 1. The molecule has 1 N–H and O–H groups in total. The summed E-state index contributed by atoms with van der Waals surface area (Å²) in [5.74, 6) is -0.144. The van der Waals surface area contributed by atoms with Crippen LogP contribution in [0.2, 0.25) is 5.02 Å². The van der Waals surface area contributed by atoms with Crippen LogP contribution in [0, 0.1) is 13.8 Å². The van der Waals surface area contributed by atoms with Gasteiger partial charge in [0.1, 0.15) is 0 Å². The Balaban J connectivity index is 1.47. The van der Waals surface area contributed by atoms with E-state index in [2.05, 4.69) is 15.1 Å². The molecule has 0 aliphatic heterocycles. The Morgan fingerprint density at radius 1 is 1.03 bits per heavy atom. The Labute approximate surface area is 180 Å². The quantitative estimate of drug-likeness (QED) is 0.335. The number of hydrogen-bond acceptors (Lipinski definition) is 2. The maximum absolute atomic E-state index is 12.4. The standard InChI is InChI=1S/C25H22ClN3O/c1-17-14-21(18(2)29(17)23-12-10-22(26)11-13-23)16-27-28-25(30)15-20-8-5-7-19-6-3-4-9-24(19)20/h3-14,16H,15H2,1-2H3,(H,28,30)/b27-16-. The molecule has 4 rings (SSSR count). The number of benzene rings is 3. The van der Waals surface area contributed by atoms with Gasteiger partial charge in [-0.15, -0.1) is 0 Å². The van der Waals surface area contributed by atoms with Crippen LogP contribution in [0.3, 0.4) is 0 Å². The van der Waals surface area contributed by atoms with E-state index in [4.69, 9.17) is 11.6 Å². The normalized spacial score (nSPS) is 11.3. The first-order valence-corrected chi connectivity index (χ1v) is 10.1. The molecule has 0 aliphatic rings. The number of halogens is 1. The van der Waals surface area contributed by atoms with E-state index < -0.39 is 0 Å². The Morgan fingerprint density at radius 2 is 1.77 bits per heavy atom. The summed E-state index contributed by atoms with van der Waals surface area (Å²) in [5.41, 5.74) is 7.75. The number of carbonyl (C=O) groups is 1. The van der Waals surface area contributed by atoms with Crippen molar-refractivity contribution in [3.63, 3.8) is 0 Å². The third kappa shape index (κ3) is 4.14. The van der Waals surface area contributed by atoms with Crippen molar-refractivity contribution in [2.45, 2.75) is 20.3 Å². The molecule has 4 nitrogen and oxygen atoms in total. The van der Waals surface area contributed by atoms with Crippen molar-refractivity contribution in [3.05, 3.63) is 100 Å². The first-order valence-electron chi connectivity index (χ1n) is 9.76. The molecule has 0 aliphatic carbocycles. The highest BCUT2D eigenvalue weighted by atomic mass is 35.5. The van der Waals surface area contributed by atoms with Crippen LogP contribution in [0.4, 0.5) is 0 Å². The summed E-state index contributed by atoms with van der Waals surface area (Å²) in [6.07, 6.45) is 1.97. The SMILES string of the molecule is Cc1cc(/C=N\NC(=O)Cc2cccc3ccccc23)c(C)n1-c1ccc(Cl)cc1. The molecule has 0 bridgehead atoms. The lowest BCUT2D eigenvalue weighted by Gasteiger charge is -2.09.